The number of nitrogens with zero attached hydrogens (tertiary/aromatic N) is 1. The molecule has 1 amide bonds. The molecule has 0 aliphatic carbocycles. The molecule has 1 N–H and O–H groups in total. The fraction of sp³-hybridized carbons (Fsp3) is 0.200. The van der Waals surface area contributed by atoms with E-state index in [1.54, 1.807) is 36.9 Å². The van der Waals surface area contributed by atoms with E-state index in [9.17, 15) is 4.79 Å². The van der Waals surface area contributed by atoms with Gasteiger partial charge in [-0.15, -0.1) is 11.3 Å². The first-order valence-corrected chi connectivity index (χ1v) is 9.15. The van der Waals surface area contributed by atoms with Crippen molar-refractivity contribution in [2.24, 2.45) is 0 Å². The van der Waals surface area contributed by atoms with Crippen molar-refractivity contribution in [2.75, 3.05) is 7.11 Å². The molecule has 5 nitrogen and oxygen atoms in total. The van der Waals surface area contributed by atoms with Gasteiger partial charge in [-0.3, -0.25) is 4.79 Å². The van der Waals surface area contributed by atoms with Crippen LogP contribution in [0.15, 0.2) is 59.4 Å². The molecule has 6 heteroatoms. The molecule has 0 aliphatic rings. The van der Waals surface area contributed by atoms with Crippen molar-refractivity contribution in [3.05, 3.63) is 76.2 Å². The Bertz CT molecular complexity index is 848. The van der Waals surface area contributed by atoms with E-state index in [0.717, 1.165) is 17.0 Å². The van der Waals surface area contributed by atoms with Crippen LogP contribution in [0.1, 0.15) is 34.6 Å². The number of nitrogens with one attached hydrogen (secondary N) is 1. The molecule has 3 aromatic rings. The first kappa shape index (κ1) is 17.9. The van der Waals surface area contributed by atoms with Gasteiger partial charge in [-0.05, 0) is 37.3 Å². The summed E-state index contributed by atoms with van der Waals surface area (Å²) in [5, 5.41) is 4.94. The molecule has 1 aromatic heterocycles. The summed E-state index contributed by atoms with van der Waals surface area (Å²) < 4.78 is 11.0. The SMILES string of the molecule is COc1ccccc1[C@H](C)NC(=O)c1ccc(OCc2cscn2)cc1. The summed E-state index contributed by atoms with van der Waals surface area (Å²) in [5.74, 6) is 1.31. The number of para-hydroxylation sites is 1. The van der Waals surface area contributed by atoms with Gasteiger partial charge in [0, 0.05) is 16.5 Å². The lowest BCUT2D eigenvalue weighted by molar-refractivity contribution is 0.0939. The van der Waals surface area contributed by atoms with Gasteiger partial charge >= 0.3 is 0 Å². The highest BCUT2D eigenvalue weighted by molar-refractivity contribution is 7.07. The lowest BCUT2D eigenvalue weighted by Gasteiger charge is -2.17. The second-order valence-electron chi connectivity index (χ2n) is 5.73. The maximum absolute atomic E-state index is 12.5. The number of carbonyl (C=O) groups excluding carboxylic acids is 1. The van der Waals surface area contributed by atoms with Gasteiger partial charge in [-0.25, -0.2) is 4.98 Å². The Labute approximate surface area is 156 Å². The minimum Gasteiger partial charge on any atom is -0.496 e. The normalized spacial score (nSPS) is 11.6. The molecule has 0 radical (unpaired) electrons. The van der Waals surface area contributed by atoms with E-state index >= 15 is 0 Å². The van der Waals surface area contributed by atoms with Gasteiger partial charge in [0.05, 0.1) is 24.4 Å². The maximum Gasteiger partial charge on any atom is 0.251 e. The Balaban J connectivity index is 1.60. The number of hydrogen-bond donors (Lipinski definition) is 1. The quantitative estimate of drug-likeness (QED) is 0.678. The summed E-state index contributed by atoms with van der Waals surface area (Å²) >= 11 is 1.53. The Morgan fingerprint density at radius 3 is 2.65 bits per heavy atom. The van der Waals surface area contributed by atoms with E-state index in [2.05, 4.69) is 10.3 Å². The second-order valence-corrected chi connectivity index (χ2v) is 6.45. The number of ether oxygens (including phenoxy) is 2. The maximum atomic E-state index is 12.5. The minimum atomic E-state index is -0.167. The molecule has 1 heterocycles. The Morgan fingerprint density at radius 1 is 1.19 bits per heavy atom. The molecular formula is C20H20N2O3S. The molecule has 0 spiro atoms. The molecule has 0 aliphatic heterocycles. The largest absolute Gasteiger partial charge is 0.496 e. The summed E-state index contributed by atoms with van der Waals surface area (Å²) in [6, 6.07) is 14.6. The third kappa shape index (κ3) is 4.40. The molecule has 0 fully saturated rings. The summed E-state index contributed by atoms with van der Waals surface area (Å²) in [6.45, 7) is 2.35. The molecule has 0 bridgehead atoms. The summed E-state index contributed by atoms with van der Waals surface area (Å²) in [6.07, 6.45) is 0. The lowest BCUT2D eigenvalue weighted by Crippen LogP contribution is -2.26. The van der Waals surface area contributed by atoms with Gasteiger partial charge in [0.2, 0.25) is 0 Å². The number of thiazole rings is 1. The summed E-state index contributed by atoms with van der Waals surface area (Å²) in [4.78, 5) is 16.7. The van der Waals surface area contributed by atoms with Crippen LogP contribution in [-0.2, 0) is 6.61 Å². The van der Waals surface area contributed by atoms with Crippen molar-refractivity contribution >= 4 is 17.2 Å². The van der Waals surface area contributed by atoms with Crippen LogP contribution >= 0.6 is 11.3 Å². The van der Waals surface area contributed by atoms with Crippen molar-refractivity contribution in [1.82, 2.24) is 10.3 Å². The Hall–Kier alpha value is -2.86. The summed E-state index contributed by atoms with van der Waals surface area (Å²) in [5.41, 5.74) is 4.18. The topological polar surface area (TPSA) is 60.5 Å². The highest BCUT2D eigenvalue weighted by Crippen LogP contribution is 2.24. The standard InChI is InChI=1S/C20H20N2O3S/c1-14(18-5-3-4-6-19(18)24-2)22-20(23)15-7-9-17(10-8-15)25-11-16-12-26-13-21-16/h3-10,12-14H,11H2,1-2H3,(H,22,23)/t14-/m0/s1. The number of carbonyl (C=O) groups is 1. The molecule has 0 unspecified atom stereocenters. The minimum absolute atomic E-state index is 0.144. The van der Waals surface area contributed by atoms with Crippen molar-refractivity contribution in [3.63, 3.8) is 0 Å². The smallest absolute Gasteiger partial charge is 0.251 e. The average molecular weight is 368 g/mol. The fourth-order valence-electron chi connectivity index (χ4n) is 2.55. The van der Waals surface area contributed by atoms with E-state index in [1.165, 1.54) is 11.3 Å². The van der Waals surface area contributed by atoms with Crippen LogP contribution in [0.3, 0.4) is 0 Å². The Kier molecular flexibility index (Phi) is 5.86. The third-order valence-corrected chi connectivity index (χ3v) is 4.58. The van der Waals surface area contributed by atoms with E-state index < -0.39 is 0 Å². The van der Waals surface area contributed by atoms with Gasteiger partial charge in [-0.2, -0.15) is 0 Å². The van der Waals surface area contributed by atoms with E-state index in [1.807, 2.05) is 36.6 Å². The van der Waals surface area contributed by atoms with Gasteiger partial charge in [0.15, 0.2) is 0 Å². The van der Waals surface area contributed by atoms with Gasteiger partial charge < -0.3 is 14.8 Å². The first-order chi connectivity index (χ1) is 12.7. The first-order valence-electron chi connectivity index (χ1n) is 8.21. The molecule has 0 saturated heterocycles. The van der Waals surface area contributed by atoms with Crippen LogP contribution in [0.25, 0.3) is 0 Å². The monoisotopic (exact) mass is 368 g/mol. The van der Waals surface area contributed by atoms with Crippen molar-refractivity contribution in [1.29, 1.82) is 0 Å². The molecule has 0 saturated carbocycles. The van der Waals surface area contributed by atoms with Crippen LogP contribution < -0.4 is 14.8 Å². The highest BCUT2D eigenvalue weighted by atomic mass is 32.1. The molecule has 134 valence electrons. The number of benzene rings is 2. The molecule has 1 atom stereocenters. The number of aromatic nitrogens is 1. The molecule has 26 heavy (non-hydrogen) atoms. The van der Waals surface area contributed by atoms with Crippen molar-refractivity contribution in [2.45, 2.75) is 19.6 Å². The molecular weight excluding hydrogens is 348 g/mol. The van der Waals surface area contributed by atoms with E-state index in [0.29, 0.717) is 17.9 Å². The zero-order valence-corrected chi connectivity index (χ0v) is 15.5. The number of rotatable bonds is 7. The number of amides is 1. The van der Waals surface area contributed by atoms with Crippen molar-refractivity contribution < 1.29 is 14.3 Å². The fourth-order valence-corrected chi connectivity index (χ4v) is 3.09. The number of methoxy groups -OCH3 is 1. The van der Waals surface area contributed by atoms with Crippen LogP contribution in [0.5, 0.6) is 11.5 Å². The van der Waals surface area contributed by atoms with E-state index in [-0.39, 0.29) is 11.9 Å². The summed E-state index contributed by atoms with van der Waals surface area (Å²) in [7, 11) is 1.62. The zero-order chi connectivity index (χ0) is 18.4. The average Bonchev–Trinajstić information content (AvgIpc) is 3.20. The van der Waals surface area contributed by atoms with Crippen LogP contribution in [0.4, 0.5) is 0 Å². The van der Waals surface area contributed by atoms with Gasteiger partial charge in [0.25, 0.3) is 5.91 Å². The van der Waals surface area contributed by atoms with Crippen LogP contribution in [-0.4, -0.2) is 18.0 Å². The lowest BCUT2D eigenvalue weighted by atomic mass is 10.1. The van der Waals surface area contributed by atoms with Gasteiger partial charge in [0.1, 0.15) is 18.1 Å². The zero-order valence-electron chi connectivity index (χ0n) is 14.6. The highest BCUT2D eigenvalue weighted by Gasteiger charge is 2.14. The molecule has 3 rings (SSSR count). The second kappa shape index (κ2) is 8.49. The number of hydrogen-bond acceptors (Lipinski definition) is 5. The Morgan fingerprint density at radius 2 is 1.96 bits per heavy atom. The van der Waals surface area contributed by atoms with Crippen LogP contribution in [0.2, 0.25) is 0 Å². The van der Waals surface area contributed by atoms with E-state index in [4.69, 9.17) is 9.47 Å². The molecule has 2 aromatic carbocycles. The van der Waals surface area contributed by atoms with Crippen molar-refractivity contribution in [3.8, 4) is 11.5 Å². The third-order valence-electron chi connectivity index (χ3n) is 3.94. The predicted octanol–water partition coefficient (Wildman–Crippen LogP) is 4.22. The van der Waals surface area contributed by atoms with Gasteiger partial charge in [-0.1, -0.05) is 18.2 Å². The predicted molar refractivity (Wildman–Crippen MR) is 102 cm³/mol. The van der Waals surface area contributed by atoms with Crippen LogP contribution in [0, 0.1) is 0 Å².